The number of piperidine rings is 1. The summed E-state index contributed by atoms with van der Waals surface area (Å²) in [6.07, 6.45) is 5.15. The van der Waals surface area contributed by atoms with E-state index in [1.807, 2.05) is 11.3 Å². The molecule has 4 heterocycles. The quantitative estimate of drug-likeness (QED) is 0.832. The van der Waals surface area contributed by atoms with Gasteiger partial charge in [0, 0.05) is 43.1 Å². The molecular formula is C21H31N5OS. The molecule has 0 radical (unpaired) electrons. The van der Waals surface area contributed by atoms with Gasteiger partial charge in [0.05, 0.1) is 25.1 Å². The second-order valence-corrected chi connectivity index (χ2v) is 9.72. The zero-order valence-electron chi connectivity index (χ0n) is 17.0. The summed E-state index contributed by atoms with van der Waals surface area (Å²) in [5.74, 6) is 2.13. The zero-order chi connectivity index (χ0) is 19.1. The van der Waals surface area contributed by atoms with Crippen LogP contribution < -0.4 is 10.2 Å². The normalized spacial score (nSPS) is 22.3. The predicted octanol–water partition coefficient (Wildman–Crippen LogP) is 2.86. The van der Waals surface area contributed by atoms with Gasteiger partial charge in [-0.2, -0.15) is 0 Å². The highest BCUT2D eigenvalue weighted by molar-refractivity contribution is 7.18. The SMILES string of the molecule is Cc1sc2nc(CN3CCOCC3)nc(N3CCC(NC4CC4)CC3)c2c1C. The van der Waals surface area contributed by atoms with Gasteiger partial charge >= 0.3 is 0 Å². The van der Waals surface area contributed by atoms with Crippen molar-refractivity contribution in [2.75, 3.05) is 44.3 Å². The molecule has 3 aliphatic rings. The molecule has 2 saturated heterocycles. The highest BCUT2D eigenvalue weighted by atomic mass is 32.1. The van der Waals surface area contributed by atoms with Crippen LogP contribution in [0, 0.1) is 13.8 Å². The number of morpholine rings is 1. The maximum absolute atomic E-state index is 5.49. The molecule has 1 N–H and O–H groups in total. The summed E-state index contributed by atoms with van der Waals surface area (Å²) in [5.41, 5.74) is 1.35. The van der Waals surface area contributed by atoms with E-state index >= 15 is 0 Å². The largest absolute Gasteiger partial charge is 0.379 e. The number of fused-ring (bicyclic) bond motifs is 1. The van der Waals surface area contributed by atoms with Crippen molar-refractivity contribution in [3.05, 3.63) is 16.3 Å². The van der Waals surface area contributed by atoms with E-state index in [-0.39, 0.29) is 0 Å². The molecule has 5 rings (SSSR count). The number of aryl methyl sites for hydroxylation is 2. The number of aromatic nitrogens is 2. The number of hydrogen-bond acceptors (Lipinski definition) is 7. The Kier molecular flexibility index (Phi) is 5.26. The number of nitrogens with zero attached hydrogens (tertiary/aromatic N) is 4. The van der Waals surface area contributed by atoms with Crippen LogP contribution in [0.4, 0.5) is 5.82 Å². The lowest BCUT2D eigenvalue weighted by molar-refractivity contribution is 0.0331. The number of rotatable bonds is 5. The first-order valence-corrected chi connectivity index (χ1v) is 11.6. The Morgan fingerprint density at radius 1 is 1.00 bits per heavy atom. The van der Waals surface area contributed by atoms with Crippen molar-refractivity contribution in [2.24, 2.45) is 0 Å². The van der Waals surface area contributed by atoms with Crippen molar-refractivity contribution < 1.29 is 4.74 Å². The molecule has 0 atom stereocenters. The molecule has 0 aromatic carbocycles. The molecule has 0 amide bonds. The van der Waals surface area contributed by atoms with E-state index in [1.54, 1.807) is 0 Å². The van der Waals surface area contributed by atoms with Crippen molar-refractivity contribution >= 4 is 27.4 Å². The van der Waals surface area contributed by atoms with Crippen LogP contribution in [0.3, 0.4) is 0 Å². The van der Waals surface area contributed by atoms with E-state index in [0.29, 0.717) is 6.04 Å². The van der Waals surface area contributed by atoms with Gasteiger partial charge in [0.15, 0.2) is 0 Å². The number of hydrogen-bond donors (Lipinski definition) is 1. The van der Waals surface area contributed by atoms with Crippen molar-refractivity contribution in [3.63, 3.8) is 0 Å². The maximum atomic E-state index is 5.49. The minimum absolute atomic E-state index is 0.680. The standard InChI is InChI=1S/C21H31N5OS/c1-14-15(2)28-21-19(14)20(23-18(24-21)13-25-9-11-27-12-10-25)26-7-5-17(6-8-26)22-16-3-4-16/h16-17,22H,3-13H2,1-2H3. The van der Waals surface area contributed by atoms with E-state index in [2.05, 4.69) is 29.0 Å². The van der Waals surface area contributed by atoms with E-state index in [1.165, 1.54) is 47.3 Å². The Balaban J connectivity index is 1.40. The first-order chi connectivity index (χ1) is 13.7. The molecule has 0 bridgehead atoms. The van der Waals surface area contributed by atoms with Crippen LogP contribution in [0.5, 0.6) is 0 Å². The summed E-state index contributed by atoms with van der Waals surface area (Å²) in [7, 11) is 0. The van der Waals surface area contributed by atoms with Crippen molar-refractivity contribution in [3.8, 4) is 0 Å². The molecule has 3 fully saturated rings. The summed E-state index contributed by atoms with van der Waals surface area (Å²) < 4.78 is 5.49. The van der Waals surface area contributed by atoms with E-state index in [4.69, 9.17) is 14.7 Å². The molecule has 152 valence electrons. The monoisotopic (exact) mass is 401 g/mol. The van der Waals surface area contributed by atoms with Crippen LogP contribution in [0.2, 0.25) is 0 Å². The smallest absolute Gasteiger partial charge is 0.146 e. The molecule has 2 aromatic rings. The van der Waals surface area contributed by atoms with Gasteiger partial charge < -0.3 is 15.0 Å². The third-order valence-electron chi connectivity index (χ3n) is 6.37. The number of anilines is 1. The average molecular weight is 402 g/mol. The van der Waals surface area contributed by atoms with Crippen LogP contribution in [-0.2, 0) is 11.3 Å². The highest BCUT2D eigenvalue weighted by Gasteiger charge is 2.29. The first kappa shape index (κ1) is 18.7. The fourth-order valence-corrected chi connectivity index (χ4v) is 5.41. The number of nitrogens with one attached hydrogen (secondary N) is 1. The second kappa shape index (κ2) is 7.86. The molecule has 2 aliphatic heterocycles. The summed E-state index contributed by atoms with van der Waals surface area (Å²) in [4.78, 5) is 17.5. The lowest BCUT2D eigenvalue weighted by atomic mass is 10.0. The van der Waals surface area contributed by atoms with Crippen LogP contribution >= 0.6 is 11.3 Å². The molecule has 28 heavy (non-hydrogen) atoms. The van der Waals surface area contributed by atoms with Crippen molar-refractivity contribution in [1.82, 2.24) is 20.2 Å². The molecule has 1 aliphatic carbocycles. The van der Waals surface area contributed by atoms with E-state index in [0.717, 1.165) is 62.6 Å². The molecular weight excluding hydrogens is 370 g/mol. The van der Waals surface area contributed by atoms with Crippen molar-refractivity contribution in [1.29, 1.82) is 0 Å². The molecule has 1 saturated carbocycles. The average Bonchev–Trinajstić information content (AvgIpc) is 3.47. The van der Waals surface area contributed by atoms with Crippen LogP contribution in [0.1, 0.15) is 41.9 Å². The molecule has 0 unspecified atom stereocenters. The van der Waals surface area contributed by atoms with Gasteiger partial charge in [-0.1, -0.05) is 0 Å². The highest BCUT2D eigenvalue weighted by Crippen LogP contribution is 2.36. The van der Waals surface area contributed by atoms with Gasteiger partial charge in [-0.3, -0.25) is 4.90 Å². The first-order valence-electron chi connectivity index (χ1n) is 10.7. The Morgan fingerprint density at radius 3 is 2.43 bits per heavy atom. The lowest BCUT2D eigenvalue weighted by Crippen LogP contribution is -2.43. The molecule has 6 nitrogen and oxygen atoms in total. The van der Waals surface area contributed by atoms with Crippen molar-refractivity contribution in [2.45, 2.75) is 58.2 Å². The Labute approximate surface area is 171 Å². The fourth-order valence-electron chi connectivity index (χ4n) is 4.37. The minimum Gasteiger partial charge on any atom is -0.379 e. The molecule has 0 spiro atoms. The van der Waals surface area contributed by atoms with Gasteiger partial charge in [0.25, 0.3) is 0 Å². The summed E-state index contributed by atoms with van der Waals surface area (Å²) in [6.45, 7) is 11.0. The van der Waals surface area contributed by atoms with Crippen LogP contribution in [0.15, 0.2) is 0 Å². The topological polar surface area (TPSA) is 53.5 Å². The predicted molar refractivity (Wildman–Crippen MR) is 114 cm³/mol. The van der Waals surface area contributed by atoms with Gasteiger partial charge in [-0.05, 0) is 45.1 Å². The van der Waals surface area contributed by atoms with Gasteiger partial charge in [0.2, 0.25) is 0 Å². The fraction of sp³-hybridized carbons (Fsp3) is 0.714. The Hall–Kier alpha value is -1.28. The lowest BCUT2D eigenvalue weighted by Gasteiger charge is -2.34. The summed E-state index contributed by atoms with van der Waals surface area (Å²) in [6, 6.07) is 1.48. The third kappa shape index (κ3) is 3.90. The Bertz CT molecular complexity index is 835. The second-order valence-electron chi connectivity index (χ2n) is 8.52. The minimum atomic E-state index is 0.680. The van der Waals surface area contributed by atoms with E-state index in [9.17, 15) is 0 Å². The molecule has 2 aromatic heterocycles. The zero-order valence-corrected chi connectivity index (χ0v) is 17.9. The van der Waals surface area contributed by atoms with Gasteiger partial charge in [-0.25, -0.2) is 9.97 Å². The summed E-state index contributed by atoms with van der Waals surface area (Å²) >= 11 is 1.82. The van der Waals surface area contributed by atoms with Crippen LogP contribution in [0.25, 0.3) is 10.2 Å². The van der Waals surface area contributed by atoms with Crippen LogP contribution in [-0.4, -0.2) is 66.3 Å². The van der Waals surface area contributed by atoms with E-state index < -0.39 is 0 Å². The number of thiophene rings is 1. The molecule has 7 heteroatoms. The van der Waals surface area contributed by atoms with Gasteiger partial charge in [0.1, 0.15) is 16.5 Å². The third-order valence-corrected chi connectivity index (χ3v) is 7.47. The summed E-state index contributed by atoms with van der Waals surface area (Å²) in [5, 5.41) is 5.09. The number of ether oxygens (including phenoxy) is 1. The van der Waals surface area contributed by atoms with Gasteiger partial charge in [-0.15, -0.1) is 11.3 Å². The Morgan fingerprint density at radius 2 is 1.71 bits per heavy atom. The maximum Gasteiger partial charge on any atom is 0.146 e.